The topological polar surface area (TPSA) is 89.5 Å². The molecule has 0 unspecified atom stereocenters. The highest BCUT2D eigenvalue weighted by molar-refractivity contribution is 7.92. The minimum absolute atomic E-state index is 0.360. The van der Waals surface area contributed by atoms with Crippen molar-refractivity contribution >= 4 is 21.8 Å². The zero-order chi connectivity index (χ0) is 23.6. The van der Waals surface area contributed by atoms with Crippen LogP contribution in [0.2, 0.25) is 0 Å². The van der Waals surface area contributed by atoms with Gasteiger partial charge in [0.1, 0.15) is 0 Å². The Morgan fingerprint density at radius 3 is 2.00 bits per heavy atom. The fourth-order valence-electron chi connectivity index (χ4n) is 2.77. The first kappa shape index (κ1) is 24.4. The molecular weight excluding hydrogens is 456 g/mol. The molecular formula is C17H15F6N3O4S. The van der Waals surface area contributed by atoms with Crippen LogP contribution in [0.4, 0.5) is 32.2 Å². The van der Waals surface area contributed by atoms with Crippen LogP contribution >= 0.6 is 0 Å². The van der Waals surface area contributed by atoms with Crippen LogP contribution in [0, 0.1) is 0 Å². The SMILES string of the molecule is CCN(c1nccnc1C(=O)OC)S(=O)(=O)Cc1c(C(F)(F)F)cccc1C(F)(F)F. The van der Waals surface area contributed by atoms with Gasteiger partial charge in [-0.3, -0.25) is 4.31 Å². The molecule has 1 heterocycles. The lowest BCUT2D eigenvalue weighted by Crippen LogP contribution is -2.35. The van der Waals surface area contributed by atoms with Gasteiger partial charge < -0.3 is 4.74 Å². The maximum Gasteiger partial charge on any atom is 0.416 e. The number of methoxy groups -OCH3 is 1. The molecule has 14 heteroatoms. The van der Waals surface area contributed by atoms with Gasteiger partial charge in [0.25, 0.3) is 0 Å². The Balaban J connectivity index is 2.67. The van der Waals surface area contributed by atoms with E-state index in [0.717, 1.165) is 19.5 Å². The summed E-state index contributed by atoms with van der Waals surface area (Å²) in [6.45, 7) is 0.800. The minimum Gasteiger partial charge on any atom is -0.464 e. The normalized spacial score (nSPS) is 12.5. The molecule has 0 aliphatic carbocycles. The van der Waals surface area contributed by atoms with E-state index in [2.05, 4.69) is 14.7 Å². The van der Waals surface area contributed by atoms with Gasteiger partial charge in [0, 0.05) is 18.9 Å². The third kappa shape index (κ3) is 5.24. The predicted molar refractivity (Wildman–Crippen MR) is 95.5 cm³/mol. The van der Waals surface area contributed by atoms with E-state index in [4.69, 9.17) is 0 Å². The van der Waals surface area contributed by atoms with Crippen LogP contribution in [0.5, 0.6) is 0 Å². The number of nitrogens with zero attached hydrogens (tertiary/aromatic N) is 3. The Bertz CT molecular complexity index is 1040. The summed E-state index contributed by atoms with van der Waals surface area (Å²) in [6.07, 6.45) is -8.44. The average Bonchev–Trinajstić information content (AvgIpc) is 2.66. The van der Waals surface area contributed by atoms with Crippen LogP contribution < -0.4 is 4.31 Å². The molecule has 0 atom stereocenters. The van der Waals surface area contributed by atoms with Gasteiger partial charge in [0.05, 0.1) is 24.0 Å². The van der Waals surface area contributed by atoms with E-state index in [9.17, 15) is 39.6 Å². The quantitative estimate of drug-likeness (QED) is 0.472. The van der Waals surface area contributed by atoms with Gasteiger partial charge in [-0.15, -0.1) is 0 Å². The first-order valence-corrected chi connectivity index (χ1v) is 10.0. The summed E-state index contributed by atoms with van der Waals surface area (Å²) in [4.78, 5) is 19.2. The largest absolute Gasteiger partial charge is 0.464 e. The van der Waals surface area contributed by atoms with Crippen molar-refractivity contribution in [1.29, 1.82) is 0 Å². The number of esters is 1. The molecule has 31 heavy (non-hydrogen) atoms. The lowest BCUT2D eigenvalue weighted by Gasteiger charge is -2.25. The van der Waals surface area contributed by atoms with Crippen molar-refractivity contribution in [2.75, 3.05) is 18.0 Å². The Hall–Kier alpha value is -2.90. The van der Waals surface area contributed by atoms with Gasteiger partial charge in [0.2, 0.25) is 10.0 Å². The number of rotatable bonds is 6. The van der Waals surface area contributed by atoms with E-state index in [0.29, 0.717) is 22.5 Å². The lowest BCUT2D eigenvalue weighted by molar-refractivity contribution is -0.144. The molecule has 0 aliphatic rings. The van der Waals surface area contributed by atoms with Crippen LogP contribution in [0.25, 0.3) is 0 Å². The van der Waals surface area contributed by atoms with Crippen LogP contribution in [0.15, 0.2) is 30.6 Å². The van der Waals surface area contributed by atoms with Crippen molar-refractivity contribution < 1.29 is 44.3 Å². The molecule has 0 N–H and O–H groups in total. The van der Waals surface area contributed by atoms with Crippen molar-refractivity contribution in [3.8, 4) is 0 Å². The maximum absolute atomic E-state index is 13.4. The number of hydrogen-bond acceptors (Lipinski definition) is 6. The molecule has 1 aromatic carbocycles. The predicted octanol–water partition coefficient (Wildman–Crippen LogP) is 3.66. The van der Waals surface area contributed by atoms with Gasteiger partial charge >= 0.3 is 18.3 Å². The second-order valence-corrected chi connectivity index (χ2v) is 7.86. The standard InChI is InChI=1S/C17H15F6N3O4S/c1-3-26(14-13(15(27)30-2)24-7-8-25-14)31(28,29)9-10-11(16(18,19)20)5-4-6-12(10)17(21,22)23/h4-8H,3,9H2,1-2H3. The number of halogens is 6. The van der Waals surface area contributed by atoms with Gasteiger partial charge in [-0.1, -0.05) is 6.07 Å². The number of hydrogen-bond donors (Lipinski definition) is 0. The maximum atomic E-state index is 13.4. The third-order valence-corrected chi connectivity index (χ3v) is 5.79. The monoisotopic (exact) mass is 471 g/mol. The summed E-state index contributed by atoms with van der Waals surface area (Å²) in [7, 11) is -3.91. The Morgan fingerprint density at radius 1 is 1.03 bits per heavy atom. The summed E-state index contributed by atoms with van der Waals surface area (Å²) >= 11 is 0. The van der Waals surface area contributed by atoms with Crippen LogP contribution in [0.3, 0.4) is 0 Å². The van der Waals surface area contributed by atoms with Gasteiger partial charge in [-0.25, -0.2) is 23.2 Å². The Kier molecular flexibility index (Phi) is 6.83. The zero-order valence-electron chi connectivity index (χ0n) is 16.0. The van der Waals surface area contributed by atoms with Crippen molar-refractivity contribution in [3.05, 3.63) is 53.0 Å². The van der Waals surface area contributed by atoms with Crippen LogP contribution in [-0.4, -0.2) is 38.0 Å². The van der Waals surface area contributed by atoms with E-state index < -0.39 is 68.8 Å². The molecule has 2 aromatic rings. The first-order valence-electron chi connectivity index (χ1n) is 8.40. The Morgan fingerprint density at radius 2 is 1.55 bits per heavy atom. The van der Waals surface area contributed by atoms with E-state index in [1.807, 2.05) is 0 Å². The molecule has 0 radical (unpaired) electrons. The number of carbonyl (C=O) groups is 1. The van der Waals surface area contributed by atoms with Crippen LogP contribution in [0.1, 0.15) is 34.1 Å². The fraction of sp³-hybridized carbons (Fsp3) is 0.353. The summed E-state index contributed by atoms with van der Waals surface area (Å²) in [6, 6.07) is 1.26. The highest BCUT2D eigenvalue weighted by Crippen LogP contribution is 2.40. The summed E-state index contributed by atoms with van der Waals surface area (Å²) in [5, 5.41) is 0. The number of ether oxygens (including phenoxy) is 1. The number of aromatic nitrogens is 2. The van der Waals surface area contributed by atoms with Crippen molar-refractivity contribution in [2.45, 2.75) is 25.0 Å². The molecule has 2 rings (SSSR count). The molecule has 0 saturated carbocycles. The highest BCUT2D eigenvalue weighted by Gasteiger charge is 2.42. The van der Waals surface area contributed by atoms with E-state index >= 15 is 0 Å². The fourth-order valence-corrected chi connectivity index (χ4v) is 4.39. The number of anilines is 1. The minimum atomic E-state index is -5.24. The molecule has 0 saturated heterocycles. The van der Waals surface area contributed by atoms with Gasteiger partial charge in [0.15, 0.2) is 11.5 Å². The number of carbonyl (C=O) groups excluding carboxylic acids is 1. The molecule has 0 fully saturated rings. The molecule has 0 bridgehead atoms. The first-order chi connectivity index (χ1) is 14.2. The molecule has 170 valence electrons. The van der Waals surface area contributed by atoms with Crippen LogP contribution in [-0.2, 0) is 32.9 Å². The summed E-state index contributed by atoms with van der Waals surface area (Å²) < 4.78 is 111. The average molecular weight is 471 g/mol. The molecule has 0 aliphatic heterocycles. The van der Waals surface area contributed by atoms with Crippen molar-refractivity contribution in [2.24, 2.45) is 0 Å². The molecule has 7 nitrogen and oxygen atoms in total. The number of sulfonamides is 1. The van der Waals surface area contributed by atoms with E-state index in [1.165, 1.54) is 6.92 Å². The molecule has 1 aromatic heterocycles. The second kappa shape index (κ2) is 8.69. The van der Waals surface area contributed by atoms with Gasteiger partial charge in [-0.2, -0.15) is 26.3 Å². The summed E-state index contributed by atoms with van der Waals surface area (Å²) in [5.41, 5.74) is -5.52. The lowest BCUT2D eigenvalue weighted by atomic mass is 10.0. The Labute approximate surface area is 172 Å². The third-order valence-electron chi connectivity index (χ3n) is 4.03. The highest BCUT2D eigenvalue weighted by atomic mass is 32.2. The summed E-state index contributed by atoms with van der Waals surface area (Å²) in [5.74, 6) is -3.33. The molecule has 0 amide bonds. The van der Waals surface area contributed by atoms with Crippen molar-refractivity contribution in [3.63, 3.8) is 0 Å². The van der Waals surface area contributed by atoms with Crippen molar-refractivity contribution in [1.82, 2.24) is 9.97 Å². The van der Waals surface area contributed by atoms with Gasteiger partial charge in [-0.05, 0) is 24.6 Å². The number of alkyl halides is 6. The zero-order valence-corrected chi connectivity index (χ0v) is 16.8. The van der Waals surface area contributed by atoms with E-state index in [1.54, 1.807) is 0 Å². The van der Waals surface area contributed by atoms with E-state index in [-0.39, 0.29) is 0 Å². The smallest absolute Gasteiger partial charge is 0.416 e. The molecule has 0 spiro atoms. The number of benzene rings is 1. The second-order valence-electron chi connectivity index (χ2n) is 5.97.